The molecule has 2 heterocycles. The number of aromatic nitrogens is 1. The lowest BCUT2D eigenvalue weighted by atomic mass is 10.2. The number of nitrogens with zero attached hydrogens (tertiary/aromatic N) is 2. The summed E-state index contributed by atoms with van der Waals surface area (Å²) >= 11 is 0. The van der Waals surface area contributed by atoms with Crippen LogP contribution in [-0.4, -0.2) is 35.6 Å². The second-order valence-corrected chi connectivity index (χ2v) is 7.10. The summed E-state index contributed by atoms with van der Waals surface area (Å²) in [6, 6.07) is 8.08. The van der Waals surface area contributed by atoms with Crippen LogP contribution in [0.25, 0.3) is 0 Å². The number of hydrogen-bond acceptors (Lipinski definition) is 5. The molecule has 2 aromatic rings. The molecular weight excluding hydrogens is 342 g/mol. The Hall–Kier alpha value is -2.34. The minimum absolute atomic E-state index is 0.300. The third-order valence-electron chi connectivity index (χ3n) is 5.05. The lowest BCUT2D eigenvalue weighted by Gasteiger charge is -2.20. The van der Waals surface area contributed by atoms with Crippen molar-refractivity contribution in [3.8, 4) is 5.75 Å². The normalized spacial score (nSPS) is 15.0. The average molecular weight is 371 g/mol. The molecule has 1 saturated heterocycles. The van der Waals surface area contributed by atoms with E-state index >= 15 is 0 Å². The molecule has 0 unspecified atom stereocenters. The van der Waals surface area contributed by atoms with E-state index in [1.165, 1.54) is 12.0 Å². The van der Waals surface area contributed by atoms with Crippen LogP contribution in [0.4, 0.5) is 0 Å². The first-order valence-electron chi connectivity index (χ1n) is 9.75. The number of benzene rings is 1. The van der Waals surface area contributed by atoms with E-state index in [9.17, 15) is 4.79 Å². The van der Waals surface area contributed by atoms with Crippen LogP contribution in [0.15, 0.2) is 28.8 Å². The zero-order chi connectivity index (χ0) is 19.1. The van der Waals surface area contributed by atoms with Crippen molar-refractivity contribution >= 4 is 5.91 Å². The van der Waals surface area contributed by atoms with Gasteiger partial charge in [0.25, 0.3) is 0 Å². The summed E-state index contributed by atoms with van der Waals surface area (Å²) < 4.78 is 11.0. The van der Waals surface area contributed by atoms with Crippen molar-refractivity contribution in [1.82, 2.24) is 15.4 Å². The SMILES string of the molecule is Cc1noc(C)c1COc1ccc(CNCCN2CCCCCC2=O)cc1. The van der Waals surface area contributed by atoms with E-state index in [1.807, 2.05) is 30.9 Å². The van der Waals surface area contributed by atoms with E-state index in [0.29, 0.717) is 18.9 Å². The smallest absolute Gasteiger partial charge is 0.222 e. The van der Waals surface area contributed by atoms with Gasteiger partial charge in [-0.25, -0.2) is 0 Å². The number of nitrogens with one attached hydrogen (secondary N) is 1. The average Bonchev–Trinajstić information content (AvgIpc) is 2.86. The van der Waals surface area contributed by atoms with Gasteiger partial charge in [0.15, 0.2) is 0 Å². The molecule has 6 heteroatoms. The minimum Gasteiger partial charge on any atom is -0.489 e. The molecule has 0 spiro atoms. The van der Waals surface area contributed by atoms with Crippen LogP contribution in [0.3, 0.4) is 0 Å². The zero-order valence-corrected chi connectivity index (χ0v) is 16.3. The van der Waals surface area contributed by atoms with Crippen molar-refractivity contribution in [2.24, 2.45) is 0 Å². The summed E-state index contributed by atoms with van der Waals surface area (Å²) in [4.78, 5) is 14.0. The molecule has 1 N–H and O–H groups in total. The molecule has 1 amide bonds. The Morgan fingerprint density at radius 1 is 1.19 bits per heavy atom. The molecular formula is C21H29N3O3. The fourth-order valence-corrected chi connectivity index (χ4v) is 3.29. The number of carbonyl (C=O) groups is 1. The summed E-state index contributed by atoms with van der Waals surface area (Å²) in [6.45, 7) is 7.57. The van der Waals surface area contributed by atoms with Crippen LogP contribution < -0.4 is 10.1 Å². The van der Waals surface area contributed by atoms with Crippen molar-refractivity contribution < 1.29 is 14.1 Å². The Morgan fingerprint density at radius 2 is 2.00 bits per heavy atom. The second-order valence-electron chi connectivity index (χ2n) is 7.10. The summed E-state index contributed by atoms with van der Waals surface area (Å²) in [5.41, 5.74) is 3.07. The summed E-state index contributed by atoms with van der Waals surface area (Å²) in [5, 5.41) is 7.36. The fraction of sp³-hybridized carbons (Fsp3) is 0.524. The van der Waals surface area contributed by atoms with Gasteiger partial charge in [-0.2, -0.15) is 0 Å². The largest absolute Gasteiger partial charge is 0.489 e. The van der Waals surface area contributed by atoms with Gasteiger partial charge < -0.3 is 19.5 Å². The molecule has 3 rings (SSSR count). The predicted octanol–water partition coefficient (Wildman–Crippen LogP) is 3.36. The van der Waals surface area contributed by atoms with E-state index in [0.717, 1.165) is 61.8 Å². The van der Waals surface area contributed by atoms with E-state index < -0.39 is 0 Å². The third kappa shape index (κ3) is 5.57. The first kappa shape index (κ1) is 19.4. The number of likely N-dealkylation sites (tertiary alicyclic amines) is 1. The molecule has 1 fully saturated rings. The fourth-order valence-electron chi connectivity index (χ4n) is 3.29. The van der Waals surface area contributed by atoms with Gasteiger partial charge in [-0.1, -0.05) is 23.7 Å². The van der Waals surface area contributed by atoms with Gasteiger partial charge in [0.1, 0.15) is 18.1 Å². The Balaban J connectivity index is 1.39. The Kier molecular flexibility index (Phi) is 6.87. The standard InChI is InChI=1S/C21H29N3O3/c1-16-20(17(2)27-23-16)15-26-19-9-7-18(8-10-19)14-22-11-13-24-12-5-3-4-6-21(24)25/h7-10,22H,3-6,11-15H2,1-2H3. The Morgan fingerprint density at radius 3 is 2.74 bits per heavy atom. The lowest BCUT2D eigenvalue weighted by molar-refractivity contribution is -0.130. The van der Waals surface area contributed by atoms with E-state index in [1.54, 1.807) is 0 Å². The topological polar surface area (TPSA) is 67.6 Å². The highest BCUT2D eigenvalue weighted by Crippen LogP contribution is 2.18. The zero-order valence-electron chi connectivity index (χ0n) is 16.3. The molecule has 0 atom stereocenters. The first-order valence-corrected chi connectivity index (χ1v) is 9.75. The van der Waals surface area contributed by atoms with Crippen LogP contribution in [-0.2, 0) is 17.9 Å². The van der Waals surface area contributed by atoms with Gasteiger partial charge in [-0.3, -0.25) is 4.79 Å². The molecule has 0 aliphatic carbocycles. The maximum absolute atomic E-state index is 12.0. The number of hydrogen-bond donors (Lipinski definition) is 1. The molecule has 27 heavy (non-hydrogen) atoms. The molecule has 1 aromatic carbocycles. The second kappa shape index (κ2) is 9.55. The van der Waals surface area contributed by atoms with E-state index in [-0.39, 0.29) is 0 Å². The molecule has 6 nitrogen and oxygen atoms in total. The van der Waals surface area contributed by atoms with E-state index in [4.69, 9.17) is 9.26 Å². The number of aryl methyl sites for hydroxylation is 2. The Bertz CT molecular complexity index is 720. The van der Waals surface area contributed by atoms with Gasteiger partial charge in [0.2, 0.25) is 5.91 Å². The molecule has 0 radical (unpaired) electrons. The number of rotatable bonds is 8. The maximum Gasteiger partial charge on any atom is 0.222 e. The van der Waals surface area contributed by atoms with Gasteiger partial charge in [0, 0.05) is 32.6 Å². The van der Waals surface area contributed by atoms with Crippen molar-refractivity contribution in [1.29, 1.82) is 0 Å². The van der Waals surface area contributed by atoms with Gasteiger partial charge in [-0.15, -0.1) is 0 Å². The summed E-state index contributed by atoms with van der Waals surface area (Å²) in [6.07, 6.45) is 4.03. The van der Waals surface area contributed by atoms with Crippen molar-refractivity contribution in [2.75, 3.05) is 19.6 Å². The molecule has 1 aliphatic heterocycles. The van der Waals surface area contributed by atoms with Crippen LogP contribution in [0.2, 0.25) is 0 Å². The molecule has 0 saturated carbocycles. The van der Waals surface area contributed by atoms with Gasteiger partial charge in [-0.05, 0) is 44.4 Å². The van der Waals surface area contributed by atoms with Crippen LogP contribution in [0.5, 0.6) is 5.75 Å². The van der Waals surface area contributed by atoms with Gasteiger partial charge >= 0.3 is 0 Å². The highest BCUT2D eigenvalue weighted by Gasteiger charge is 2.15. The minimum atomic E-state index is 0.300. The monoisotopic (exact) mass is 371 g/mol. The number of amides is 1. The number of carbonyl (C=O) groups excluding carboxylic acids is 1. The quantitative estimate of drug-likeness (QED) is 0.721. The molecule has 1 aromatic heterocycles. The Labute approximate surface area is 160 Å². The van der Waals surface area contributed by atoms with Crippen LogP contribution >= 0.6 is 0 Å². The third-order valence-corrected chi connectivity index (χ3v) is 5.05. The molecule has 146 valence electrons. The van der Waals surface area contributed by atoms with Gasteiger partial charge in [0.05, 0.1) is 11.3 Å². The highest BCUT2D eigenvalue weighted by molar-refractivity contribution is 5.76. The highest BCUT2D eigenvalue weighted by atomic mass is 16.5. The summed E-state index contributed by atoms with van der Waals surface area (Å²) in [5.74, 6) is 1.93. The van der Waals surface area contributed by atoms with Crippen molar-refractivity contribution in [3.05, 3.63) is 46.8 Å². The van der Waals surface area contributed by atoms with Crippen molar-refractivity contribution in [2.45, 2.75) is 52.7 Å². The van der Waals surface area contributed by atoms with E-state index in [2.05, 4.69) is 22.6 Å². The van der Waals surface area contributed by atoms with Crippen molar-refractivity contribution in [3.63, 3.8) is 0 Å². The number of ether oxygens (including phenoxy) is 1. The maximum atomic E-state index is 12.0. The summed E-state index contributed by atoms with van der Waals surface area (Å²) in [7, 11) is 0. The lowest BCUT2D eigenvalue weighted by Crippen LogP contribution is -2.36. The molecule has 0 bridgehead atoms. The molecule has 1 aliphatic rings. The predicted molar refractivity (Wildman–Crippen MR) is 104 cm³/mol. The van der Waals surface area contributed by atoms with Crippen LogP contribution in [0.1, 0.15) is 48.3 Å². The first-order chi connectivity index (χ1) is 13.1. The van der Waals surface area contributed by atoms with Crippen LogP contribution in [0, 0.1) is 13.8 Å².